The van der Waals surface area contributed by atoms with Crippen molar-refractivity contribution in [1.29, 1.82) is 0 Å². The highest BCUT2D eigenvalue weighted by Crippen LogP contribution is 2.27. The fraction of sp³-hybridized carbons (Fsp3) is 0.368. The molecule has 1 amide bonds. The average Bonchev–Trinajstić information content (AvgIpc) is 2.63. The van der Waals surface area contributed by atoms with Gasteiger partial charge in [-0.05, 0) is 37.7 Å². The maximum absolute atomic E-state index is 12.5. The smallest absolute Gasteiger partial charge is 0.257 e. The number of amides is 1. The van der Waals surface area contributed by atoms with Crippen LogP contribution in [0.25, 0.3) is 0 Å². The molecule has 1 N–H and O–H groups in total. The Morgan fingerprint density at radius 1 is 1.12 bits per heavy atom. The van der Waals surface area contributed by atoms with Crippen molar-refractivity contribution >= 4 is 17.3 Å². The van der Waals surface area contributed by atoms with Gasteiger partial charge in [-0.2, -0.15) is 0 Å². The largest absolute Gasteiger partial charge is 0.367 e. The fourth-order valence-corrected chi connectivity index (χ4v) is 2.96. The number of nitrogens with one attached hydrogen (secondary N) is 1. The Labute approximate surface area is 143 Å². The van der Waals surface area contributed by atoms with Gasteiger partial charge in [-0.15, -0.1) is 0 Å². The molecular weight excluding hydrogens is 300 g/mol. The summed E-state index contributed by atoms with van der Waals surface area (Å²) in [5.41, 5.74) is 3.42. The molecule has 0 bridgehead atoms. The number of pyridine rings is 1. The topological polar surface area (TPSA) is 48.5 Å². The number of carbonyl (C=O) groups is 1. The minimum atomic E-state index is -0.123. The predicted octanol–water partition coefficient (Wildman–Crippen LogP) is 2.78. The van der Waals surface area contributed by atoms with Crippen LogP contribution in [0.5, 0.6) is 0 Å². The zero-order valence-corrected chi connectivity index (χ0v) is 14.3. The molecule has 1 aromatic carbocycles. The van der Waals surface area contributed by atoms with E-state index in [2.05, 4.69) is 33.1 Å². The summed E-state index contributed by atoms with van der Waals surface area (Å²) in [5, 5.41) is 3.03. The number of hydrogen-bond acceptors (Lipinski definition) is 4. The summed E-state index contributed by atoms with van der Waals surface area (Å²) < 4.78 is 0. The van der Waals surface area contributed by atoms with Crippen molar-refractivity contribution < 1.29 is 4.79 Å². The maximum atomic E-state index is 12.5. The lowest BCUT2D eigenvalue weighted by atomic mass is 10.2. The van der Waals surface area contributed by atoms with Gasteiger partial charge >= 0.3 is 0 Å². The summed E-state index contributed by atoms with van der Waals surface area (Å²) in [6.45, 7) is 9.26. The summed E-state index contributed by atoms with van der Waals surface area (Å²) in [4.78, 5) is 21.5. The van der Waals surface area contributed by atoms with Crippen molar-refractivity contribution in [3.05, 3.63) is 53.9 Å². The SMILES string of the molecule is CCN1CCN(c2ccccc2NC(=O)c2ccc(C)nc2)CC1. The first-order valence-electron chi connectivity index (χ1n) is 8.47. The highest BCUT2D eigenvalue weighted by atomic mass is 16.1. The zero-order chi connectivity index (χ0) is 16.9. The van der Waals surface area contributed by atoms with Crippen LogP contribution in [0.2, 0.25) is 0 Å². The number of carbonyl (C=O) groups excluding carboxylic acids is 1. The maximum Gasteiger partial charge on any atom is 0.257 e. The lowest BCUT2D eigenvalue weighted by molar-refractivity contribution is 0.102. The highest BCUT2D eigenvalue weighted by Gasteiger charge is 2.19. The lowest BCUT2D eigenvalue weighted by Crippen LogP contribution is -2.46. The molecule has 0 radical (unpaired) electrons. The van der Waals surface area contributed by atoms with E-state index in [4.69, 9.17) is 0 Å². The molecule has 1 aliphatic heterocycles. The molecule has 0 saturated carbocycles. The molecule has 2 aromatic rings. The van der Waals surface area contributed by atoms with E-state index in [-0.39, 0.29) is 5.91 Å². The number of hydrogen-bond donors (Lipinski definition) is 1. The van der Waals surface area contributed by atoms with Crippen molar-refractivity contribution in [3.63, 3.8) is 0 Å². The molecule has 0 unspecified atom stereocenters. The van der Waals surface area contributed by atoms with Gasteiger partial charge < -0.3 is 15.1 Å². The van der Waals surface area contributed by atoms with Crippen LogP contribution in [0, 0.1) is 6.92 Å². The molecule has 1 saturated heterocycles. The van der Waals surface area contributed by atoms with Gasteiger partial charge in [-0.3, -0.25) is 9.78 Å². The molecule has 0 atom stereocenters. The van der Waals surface area contributed by atoms with Crippen LogP contribution >= 0.6 is 0 Å². The monoisotopic (exact) mass is 324 g/mol. The zero-order valence-electron chi connectivity index (χ0n) is 14.3. The number of nitrogens with zero attached hydrogens (tertiary/aromatic N) is 3. The molecule has 0 aliphatic carbocycles. The second-order valence-corrected chi connectivity index (χ2v) is 6.08. The Balaban J connectivity index is 1.74. The lowest BCUT2D eigenvalue weighted by Gasteiger charge is -2.36. The van der Waals surface area contributed by atoms with Crippen LogP contribution in [-0.4, -0.2) is 48.5 Å². The van der Waals surface area contributed by atoms with Crippen molar-refractivity contribution in [2.45, 2.75) is 13.8 Å². The molecule has 2 heterocycles. The summed E-state index contributed by atoms with van der Waals surface area (Å²) >= 11 is 0. The van der Waals surface area contributed by atoms with Crippen molar-refractivity contribution in [1.82, 2.24) is 9.88 Å². The molecule has 0 spiro atoms. The number of rotatable bonds is 4. The second kappa shape index (κ2) is 7.45. The summed E-state index contributed by atoms with van der Waals surface area (Å²) in [6, 6.07) is 11.7. The Hall–Kier alpha value is -2.40. The number of para-hydroxylation sites is 2. The third kappa shape index (κ3) is 3.74. The van der Waals surface area contributed by atoms with E-state index in [0.29, 0.717) is 5.56 Å². The fourth-order valence-electron chi connectivity index (χ4n) is 2.96. The minimum absolute atomic E-state index is 0.123. The second-order valence-electron chi connectivity index (χ2n) is 6.08. The van der Waals surface area contributed by atoms with Gasteiger partial charge in [-0.1, -0.05) is 19.1 Å². The number of piperazine rings is 1. The molecule has 5 nitrogen and oxygen atoms in total. The quantitative estimate of drug-likeness (QED) is 0.939. The molecule has 1 fully saturated rings. The Kier molecular flexibility index (Phi) is 5.11. The van der Waals surface area contributed by atoms with E-state index in [1.165, 1.54) is 0 Å². The van der Waals surface area contributed by atoms with E-state index in [1.807, 2.05) is 31.2 Å². The van der Waals surface area contributed by atoms with Crippen molar-refractivity contribution in [3.8, 4) is 0 Å². The number of anilines is 2. The summed E-state index contributed by atoms with van der Waals surface area (Å²) in [5.74, 6) is -0.123. The van der Waals surface area contributed by atoms with Gasteiger partial charge in [-0.25, -0.2) is 0 Å². The summed E-state index contributed by atoms with van der Waals surface area (Å²) in [7, 11) is 0. The first kappa shape index (κ1) is 16.5. The molecule has 5 heteroatoms. The molecule has 3 rings (SSSR count). The van der Waals surface area contributed by atoms with Crippen molar-refractivity contribution in [2.24, 2.45) is 0 Å². The van der Waals surface area contributed by atoms with Crippen LogP contribution in [0.1, 0.15) is 23.0 Å². The van der Waals surface area contributed by atoms with Crippen LogP contribution in [-0.2, 0) is 0 Å². The van der Waals surface area contributed by atoms with Gasteiger partial charge in [0.1, 0.15) is 0 Å². The third-order valence-electron chi connectivity index (χ3n) is 4.49. The number of aromatic nitrogens is 1. The van der Waals surface area contributed by atoms with Gasteiger partial charge in [0.25, 0.3) is 5.91 Å². The Morgan fingerprint density at radius 2 is 1.88 bits per heavy atom. The van der Waals surface area contributed by atoms with Crippen LogP contribution < -0.4 is 10.2 Å². The van der Waals surface area contributed by atoms with Crippen LogP contribution in [0.4, 0.5) is 11.4 Å². The number of likely N-dealkylation sites (N-methyl/N-ethyl adjacent to an activating group) is 1. The van der Waals surface area contributed by atoms with E-state index in [0.717, 1.165) is 49.8 Å². The van der Waals surface area contributed by atoms with E-state index in [9.17, 15) is 4.79 Å². The molecule has 1 aliphatic rings. The molecule has 24 heavy (non-hydrogen) atoms. The molecule has 126 valence electrons. The van der Waals surface area contributed by atoms with Crippen LogP contribution in [0.15, 0.2) is 42.6 Å². The Morgan fingerprint density at radius 3 is 2.54 bits per heavy atom. The van der Waals surface area contributed by atoms with Gasteiger partial charge in [0.05, 0.1) is 16.9 Å². The van der Waals surface area contributed by atoms with Gasteiger partial charge in [0.2, 0.25) is 0 Å². The standard InChI is InChI=1S/C19H24N4O/c1-3-22-10-12-23(13-11-22)18-7-5-4-6-17(18)21-19(24)16-9-8-15(2)20-14-16/h4-9,14H,3,10-13H2,1-2H3,(H,21,24). The van der Waals surface area contributed by atoms with Gasteiger partial charge in [0, 0.05) is 38.1 Å². The highest BCUT2D eigenvalue weighted by molar-refractivity contribution is 6.05. The number of benzene rings is 1. The van der Waals surface area contributed by atoms with E-state index >= 15 is 0 Å². The van der Waals surface area contributed by atoms with E-state index in [1.54, 1.807) is 12.3 Å². The van der Waals surface area contributed by atoms with E-state index < -0.39 is 0 Å². The predicted molar refractivity (Wildman–Crippen MR) is 97.7 cm³/mol. The molecular formula is C19H24N4O. The van der Waals surface area contributed by atoms with Crippen LogP contribution in [0.3, 0.4) is 0 Å². The minimum Gasteiger partial charge on any atom is -0.367 e. The first-order chi connectivity index (χ1) is 11.7. The summed E-state index contributed by atoms with van der Waals surface area (Å²) in [6.07, 6.45) is 1.62. The average molecular weight is 324 g/mol. The van der Waals surface area contributed by atoms with Gasteiger partial charge in [0.15, 0.2) is 0 Å². The van der Waals surface area contributed by atoms with Crippen molar-refractivity contribution in [2.75, 3.05) is 42.9 Å². The normalized spacial score (nSPS) is 15.3. The number of aryl methyl sites for hydroxylation is 1. The first-order valence-corrected chi connectivity index (χ1v) is 8.47. The Bertz CT molecular complexity index is 691. The third-order valence-corrected chi connectivity index (χ3v) is 4.49. The molecule has 1 aromatic heterocycles.